The van der Waals surface area contributed by atoms with Crippen molar-refractivity contribution in [1.29, 1.82) is 0 Å². The Hall–Kier alpha value is -2.05. The molecule has 1 aliphatic heterocycles. The van der Waals surface area contributed by atoms with Gasteiger partial charge in [-0.2, -0.15) is 18.3 Å². The maximum absolute atomic E-state index is 13.7. The lowest BCUT2D eigenvalue weighted by Crippen LogP contribution is -2.55. The number of methoxy groups -OCH3 is 1. The molecule has 2 N–H and O–H groups in total. The van der Waals surface area contributed by atoms with Gasteiger partial charge in [-0.15, -0.1) is 0 Å². The molecule has 1 aliphatic rings. The number of alkyl halides is 3. The normalized spacial score (nSPS) is 26.5. The van der Waals surface area contributed by atoms with E-state index >= 15 is 0 Å². The van der Waals surface area contributed by atoms with E-state index in [0.717, 1.165) is 10.7 Å². The van der Waals surface area contributed by atoms with Gasteiger partial charge >= 0.3 is 6.18 Å². The van der Waals surface area contributed by atoms with E-state index in [1.165, 1.54) is 19.4 Å². The van der Waals surface area contributed by atoms with Gasteiger partial charge in [0, 0.05) is 18.2 Å². The van der Waals surface area contributed by atoms with Gasteiger partial charge in [-0.1, -0.05) is 28.3 Å². The molecule has 2 aromatic rings. The average Bonchev–Trinajstić information content (AvgIpc) is 3.19. The molecule has 0 unspecified atom stereocenters. The van der Waals surface area contributed by atoms with Gasteiger partial charge in [0.15, 0.2) is 0 Å². The van der Waals surface area contributed by atoms with Crippen LogP contribution < -0.4 is 0 Å². The molecule has 1 saturated heterocycles. The molecule has 9 nitrogen and oxygen atoms in total. The number of hydrogen-bond acceptors (Lipinski definition) is 6. The van der Waals surface area contributed by atoms with E-state index < -0.39 is 54.5 Å². The number of aliphatic hydroxyl groups is 2. The molecular formula is C17H16Cl2F3N5O4. The summed E-state index contributed by atoms with van der Waals surface area (Å²) in [4.78, 5) is 2.69. The summed E-state index contributed by atoms with van der Waals surface area (Å²) in [5.41, 5.74) is 7.42. The number of hydrogen-bond donors (Lipinski definition) is 2. The van der Waals surface area contributed by atoms with Crippen LogP contribution in [0.25, 0.3) is 16.1 Å². The van der Waals surface area contributed by atoms with Crippen molar-refractivity contribution in [2.24, 2.45) is 5.11 Å². The fourth-order valence-corrected chi connectivity index (χ4v) is 3.78. The molecule has 1 fully saturated rings. The van der Waals surface area contributed by atoms with E-state index in [0.29, 0.717) is 6.07 Å². The Kier molecular flexibility index (Phi) is 7.01. The second kappa shape index (κ2) is 9.21. The highest BCUT2D eigenvalue weighted by Crippen LogP contribution is 2.41. The number of nitrogens with zero attached hydrogens (tertiary/aromatic N) is 5. The first kappa shape index (κ1) is 23.6. The topological polar surface area (TPSA) is 126 Å². The Labute approximate surface area is 183 Å². The lowest BCUT2D eigenvalue weighted by molar-refractivity contribution is -0.199. The van der Waals surface area contributed by atoms with Crippen molar-refractivity contribution in [3.8, 4) is 5.69 Å². The molecule has 3 rings (SSSR count). The molecule has 0 amide bonds. The lowest BCUT2D eigenvalue weighted by Gasteiger charge is -2.42. The number of benzene rings is 1. The molecule has 168 valence electrons. The number of halogens is 5. The predicted octanol–water partition coefficient (Wildman–Crippen LogP) is 3.68. The Bertz CT molecular complexity index is 999. The van der Waals surface area contributed by atoms with Gasteiger partial charge in [-0.3, -0.25) is 0 Å². The van der Waals surface area contributed by atoms with Crippen LogP contribution in [0.1, 0.15) is 17.4 Å². The number of rotatable bonds is 5. The summed E-state index contributed by atoms with van der Waals surface area (Å²) in [6, 6.07) is 1.88. The highest BCUT2D eigenvalue weighted by atomic mass is 35.5. The molecule has 2 heterocycles. The quantitative estimate of drug-likeness (QED) is 0.382. The van der Waals surface area contributed by atoms with Crippen LogP contribution in [0.15, 0.2) is 29.5 Å². The minimum Gasteiger partial charge on any atom is -0.394 e. The van der Waals surface area contributed by atoms with Gasteiger partial charge in [0.2, 0.25) is 0 Å². The molecule has 1 aromatic heterocycles. The van der Waals surface area contributed by atoms with E-state index in [-0.39, 0.29) is 15.7 Å². The average molecular weight is 482 g/mol. The van der Waals surface area contributed by atoms with Crippen LogP contribution in [0.3, 0.4) is 0 Å². The third-order valence-corrected chi connectivity index (χ3v) is 5.58. The zero-order valence-electron chi connectivity index (χ0n) is 15.7. The van der Waals surface area contributed by atoms with Gasteiger partial charge in [-0.05, 0) is 23.7 Å². The van der Waals surface area contributed by atoms with Gasteiger partial charge < -0.3 is 19.7 Å². The fourth-order valence-electron chi connectivity index (χ4n) is 3.45. The van der Waals surface area contributed by atoms with Gasteiger partial charge in [-0.25, -0.2) is 4.68 Å². The van der Waals surface area contributed by atoms with Crippen molar-refractivity contribution >= 4 is 23.2 Å². The molecule has 5 atom stereocenters. The number of azide groups is 1. The second-order valence-electron chi connectivity index (χ2n) is 6.61. The largest absolute Gasteiger partial charge is 0.418 e. The third kappa shape index (κ3) is 4.46. The summed E-state index contributed by atoms with van der Waals surface area (Å²) < 4.78 is 53.0. The summed E-state index contributed by atoms with van der Waals surface area (Å²) in [5, 5.41) is 27.0. The Morgan fingerprint density at radius 3 is 2.61 bits per heavy atom. The van der Waals surface area contributed by atoms with Crippen LogP contribution in [-0.2, 0) is 15.7 Å². The smallest absolute Gasteiger partial charge is 0.394 e. The zero-order valence-corrected chi connectivity index (χ0v) is 17.3. The van der Waals surface area contributed by atoms with Crippen molar-refractivity contribution in [2.75, 3.05) is 13.7 Å². The molecule has 14 heteroatoms. The molecule has 0 saturated carbocycles. The van der Waals surface area contributed by atoms with E-state index in [4.69, 9.17) is 38.2 Å². The first-order chi connectivity index (χ1) is 14.6. The maximum atomic E-state index is 13.7. The van der Waals surface area contributed by atoms with Crippen LogP contribution in [0.5, 0.6) is 0 Å². The van der Waals surface area contributed by atoms with Crippen molar-refractivity contribution in [3.63, 3.8) is 0 Å². The standard InChI is InChI=1S/C17H16Cl2F3N5O4/c1-30-16-13(25-26-23)14(29)12(6-28)31-15(16)10-2-3-24-27(10)11-5-9(19)8(18)4-7(11)17(20,21)22/h2-5,12-16,28-29H,6H2,1H3/t12-,13+,14+,15+,16-/m1/s1. The van der Waals surface area contributed by atoms with E-state index in [1.54, 1.807) is 0 Å². The van der Waals surface area contributed by atoms with Crippen LogP contribution in [0, 0.1) is 0 Å². The minimum absolute atomic E-state index is 0.0826. The minimum atomic E-state index is -4.78. The molecule has 1 aromatic carbocycles. The lowest BCUT2D eigenvalue weighted by atomic mass is 9.91. The fraction of sp³-hybridized carbons (Fsp3) is 0.471. The van der Waals surface area contributed by atoms with E-state index in [1.807, 2.05) is 0 Å². The SMILES string of the molecule is CO[C@@H]1[C@@H](N=[N+]=[N-])[C@@H](O)[C@@H](CO)O[C@H]1c1ccnn1-c1cc(Cl)c(Cl)cc1C(F)(F)F. The maximum Gasteiger partial charge on any atom is 0.418 e. The monoisotopic (exact) mass is 481 g/mol. The summed E-state index contributed by atoms with van der Waals surface area (Å²) in [6.45, 7) is -0.639. The summed E-state index contributed by atoms with van der Waals surface area (Å²) in [5.74, 6) is 0. The second-order valence-corrected chi connectivity index (χ2v) is 7.43. The molecule has 0 radical (unpaired) electrons. The number of aliphatic hydroxyl groups excluding tert-OH is 2. The Morgan fingerprint density at radius 1 is 1.35 bits per heavy atom. The van der Waals surface area contributed by atoms with Crippen LogP contribution in [-0.4, -0.2) is 58.1 Å². The number of ether oxygens (including phenoxy) is 2. The molecule has 0 aliphatic carbocycles. The van der Waals surface area contributed by atoms with E-state index in [9.17, 15) is 23.4 Å². The summed E-state index contributed by atoms with van der Waals surface area (Å²) in [6.07, 6.45) is -8.39. The van der Waals surface area contributed by atoms with Crippen LogP contribution >= 0.6 is 23.2 Å². The Balaban J connectivity index is 2.17. The van der Waals surface area contributed by atoms with Crippen molar-refractivity contribution in [1.82, 2.24) is 9.78 Å². The molecule has 0 spiro atoms. The number of aromatic nitrogens is 2. The van der Waals surface area contributed by atoms with Crippen molar-refractivity contribution in [2.45, 2.75) is 36.6 Å². The van der Waals surface area contributed by atoms with Crippen molar-refractivity contribution < 1.29 is 32.9 Å². The van der Waals surface area contributed by atoms with Crippen molar-refractivity contribution in [3.05, 3.63) is 56.1 Å². The first-order valence-corrected chi connectivity index (χ1v) is 9.51. The highest BCUT2D eigenvalue weighted by molar-refractivity contribution is 6.42. The molecule has 0 bridgehead atoms. The first-order valence-electron chi connectivity index (χ1n) is 8.76. The van der Waals surface area contributed by atoms with Crippen LogP contribution in [0.4, 0.5) is 13.2 Å². The van der Waals surface area contributed by atoms with E-state index in [2.05, 4.69) is 15.1 Å². The van der Waals surface area contributed by atoms with Crippen LogP contribution in [0.2, 0.25) is 10.0 Å². The van der Waals surface area contributed by atoms with Gasteiger partial charge in [0.25, 0.3) is 0 Å². The highest BCUT2D eigenvalue weighted by Gasteiger charge is 2.47. The summed E-state index contributed by atoms with van der Waals surface area (Å²) >= 11 is 11.7. The predicted molar refractivity (Wildman–Crippen MR) is 103 cm³/mol. The molecule has 31 heavy (non-hydrogen) atoms. The van der Waals surface area contributed by atoms with Gasteiger partial charge in [0.1, 0.15) is 18.3 Å². The van der Waals surface area contributed by atoms with Gasteiger partial charge in [0.05, 0.1) is 45.7 Å². The zero-order chi connectivity index (χ0) is 22.9. The molecular weight excluding hydrogens is 466 g/mol. The Morgan fingerprint density at radius 2 is 2.03 bits per heavy atom. The third-order valence-electron chi connectivity index (χ3n) is 4.86. The summed E-state index contributed by atoms with van der Waals surface area (Å²) in [7, 11) is 1.26.